The molecule has 1 fully saturated rings. The minimum absolute atomic E-state index is 0.133. The highest BCUT2D eigenvalue weighted by Gasteiger charge is 2.23. The summed E-state index contributed by atoms with van der Waals surface area (Å²) in [4.78, 5) is 21.1. The molecule has 134 valence electrons. The summed E-state index contributed by atoms with van der Waals surface area (Å²) in [6, 6.07) is 8.00. The van der Waals surface area contributed by atoms with Gasteiger partial charge in [0.1, 0.15) is 10.8 Å². The lowest BCUT2D eigenvalue weighted by molar-refractivity contribution is -0.130. The molecule has 1 amide bonds. The Hall–Kier alpha value is -2.12. The van der Waals surface area contributed by atoms with Gasteiger partial charge in [0.05, 0.1) is 31.5 Å². The zero-order valence-corrected chi connectivity index (χ0v) is 15.4. The molecule has 2 aromatic rings. The Kier molecular flexibility index (Phi) is 5.88. The molecule has 1 aliphatic heterocycles. The zero-order valence-electron chi connectivity index (χ0n) is 14.6. The molecule has 1 saturated heterocycles. The average Bonchev–Trinajstić information content (AvgIpc) is 3.09. The van der Waals surface area contributed by atoms with Crippen LogP contribution < -0.4 is 9.64 Å². The van der Waals surface area contributed by atoms with Crippen molar-refractivity contribution < 1.29 is 14.3 Å². The van der Waals surface area contributed by atoms with Gasteiger partial charge in [0.2, 0.25) is 5.91 Å². The highest BCUT2D eigenvalue weighted by atomic mass is 32.1. The van der Waals surface area contributed by atoms with Crippen molar-refractivity contribution in [3.05, 3.63) is 40.3 Å². The largest absolute Gasteiger partial charge is 0.495 e. The first-order valence-electron chi connectivity index (χ1n) is 8.29. The van der Waals surface area contributed by atoms with Gasteiger partial charge in [-0.3, -0.25) is 4.79 Å². The lowest BCUT2D eigenvalue weighted by Crippen LogP contribution is -2.49. The number of nitrogens with zero attached hydrogens (tertiary/aromatic N) is 3. The number of para-hydroxylation sites is 2. The quantitative estimate of drug-likeness (QED) is 0.789. The van der Waals surface area contributed by atoms with Crippen LogP contribution in [-0.2, 0) is 22.6 Å². The molecule has 2 heterocycles. The Morgan fingerprint density at radius 2 is 1.96 bits per heavy atom. The molecular formula is C18H23N3O3S. The second-order valence-corrected chi connectivity index (χ2v) is 6.82. The SMILES string of the molecule is COCc1nc(CC(=O)N2CCN(c3ccccc3OC)CC2)cs1. The Morgan fingerprint density at radius 3 is 2.68 bits per heavy atom. The summed E-state index contributed by atoms with van der Waals surface area (Å²) in [7, 11) is 3.33. The first-order valence-corrected chi connectivity index (χ1v) is 9.17. The Morgan fingerprint density at radius 1 is 1.20 bits per heavy atom. The third-order valence-corrected chi connectivity index (χ3v) is 5.13. The molecule has 0 bridgehead atoms. The van der Waals surface area contributed by atoms with Gasteiger partial charge in [0.15, 0.2) is 0 Å². The molecule has 0 radical (unpaired) electrons. The van der Waals surface area contributed by atoms with E-state index in [9.17, 15) is 4.79 Å². The third kappa shape index (κ3) is 4.29. The third-order valence-electron chi connectivity index (χ3n) is 4.26. The fourth-order valence-electron chi connectivity index (χ4n) is 2.97. The van der Waals surface area contributed by atoms with Crippen molar-refractivity contribution in [1.29, 1.82) is 0 Å². The maximum atomic E-state index is 12.5. The van der Waals surface area contributed by atoms with E-state index in [1.54, 1.807) is 14.2 Å². The lowest BCUT2D eigenvalue weighted by Gasteiger charge is -2.36. The Labute approximate surface area is 152 Å². The molecular weight excluding hydrogens is 338 g/mol. The van der Waals surface area contributed by atoms with Crippen molar-refractivity contribution in [2.24, 2.45) is 0 Å². The molecule has 0 atom stereocenters. The number of carbonyl (C=O) groups is 1. The van der Waals surface area contributed by atoms with E-state index in [1.165, 1.54) is 11.3 Å². The summed E-state index contributed by atoms with van der Waals surface area (Å²) in [5.74, 6) is 1.00. The first-order chi connectivity index (χ1) is 12.2. The normalized spacial score (nSPS) is 14.6. The lowest BCUT2D eigenvalue weighted by atomic mass is 10.2. The molecule has 1 aromatic heterocycles. The summed E-state index contributed by atoms with van der Waals surface area (Å²) >= 11 is 1.54. The summed E-state index contributed by atoms with van der Waals surface area (Å²) in [6.07, 6.45) is 0.356. The van der Waals surface area contributed by atoms with Crippen LogP contribution in [0.25, 0.3) is 0 Å². The van der Waals surface area contributed by atoms with E-state index in [-0.39, 0.29) is 5.91 Å². The van der Waals surface area contributed by atoms with Gasteiger partial charge >= 0.3 is 0 Å². The summed E-state index contributed by atoms with van der Waals surface area (Å²) in [6.45, 7) is 3.53. The van der Waals surface area contributed by atoms with Crippen LogP contribution in [0.1, 0.15) is 10.7 Å². The highest BCUT2D eigenvalue weighted by molar-refractivity contribution is 7.09. The van der Waals surface area contributed by atoms with E-state index in [1.807, 2.05) is 28.5 Å². The van der Waals surface area contributed by atoms with Crippen LogP contribution in [0.4, 0.5) is 5.69 Å². The number of thiazole rings is 1. The fraction of sp³-hybridized carbons (Fsp3) is 0.444. The van der Waals surface area contributed by atoms with Gasteiger partial charge in [-0.15, -0.1) is 11.3 Å². The molecule has 6 nitrogen and oxygen atoms in total. The van der Waals surface area contributed by atoms with E-state index in [4.69, 9.17) is 9.47 Å². The second kappa shape index (κ2) is 8.31. The number of anilines is 1. The van der Waals surface area contributed by atoms with Crippen molar-refractivity contribution in [2.75, 3.05) is 45.3 Å². The summed E-state index contributed by atoms with van der Waals surface area (Å²) in [5.41, 5.74) is 1.91. The Balaban J connectivity index is 1.55. The van der Waals surface area contributed by atoms with E-state index in [0.29, 0.717) is 26.1 Å². The molecule has 3 rings (SSSR count). The van der Waals surface area contributed by atoms with E-state index < -0.39 is 0 Å². The number of methoxy groups -OCH3 is 2. The fourth-order valence-corrected chi connectivity index (χ4v) is 3.74. The molecule has 0 spiro atoms. The maximum Gasteiger partial charge on any atom is 0.228 e. The summed E-state index contributed by atoms with van der Waals surface area (Å²) in [5, 5.41) is 2.85. The van der Waals surface area contributed by atoms with E-state index >= 15 is 0 Å². The molecule has 1 aromatic carbocycles. The molecule has 1 aliphatic rings. The number of hydrogen-bond donors (Lipinski definition) is 0. The van der Waals surface area contributed by atoms with E-state index in [2.05, 4.69) is 16.0 Å². The van der Waals surface area contributed by atoms with Gasteiger partial charge in [-0.05, 0) is 12.1 Å². The van der Waals surface area contributed by atoms with Crippen molar-refractivity contribution >= 4 is 22.9 Å². The monoisotopic (exact) mass is 361 g/mol. The van der Waals surface area contributed by atoms with Crippen LogP contribution in [0, 0.1) is 0 Å². The van der Waals surface area contributed by atoms with Crippen molar-refractivity contribution in [1.82, 2.24) is 9.88 Å². The number of benzene rings is 1. The number of carbonyl (C=O) groups excluding carboxylic acids is 1. The number of hydrogen-bond acceptors (Lipinski definition) is 6. The van der Waals surface area contributed by atoms with Crippen LogP contribution in [0.3, 0.4) is 0 Å². The predicted octanol–water partition coefficient (Wildman–Crippen LogP) is 2.19. The zero-order chi connectivity index (χ0) is 17.6. The smallest absolute Gasteiger partial charge is 0.228 e. The topological polar surface area (TPSA) is 54.9 Å². The van der Waals surface area contributed by atoms with Gasteiger partial charge < -0.3 is 19.3 Å². The van der Waals surface area contributed by atoms with Crippen molar-refractivity contribution in [2.45, 2.75) is 13.0 Å². The standard InChI is InChI=1S/C18H23N3O3S/c1-23-12-17-19-14(13-25-17)11-18(22)21-9-7-20(8-10-21)15-5-3-4-6-16(15)24-2/h3-6,13H,7-12H2,1-2H3. The van der Waals surface area contributed by atoms with Crippen molar-refractivity contribution in [3.8, 4) is 5.75 Å². The summed E-state index contributed by atoms with van der Waals surface area (Å²) < 4.78 is 10.5. The van der Waals surface area contributed by atoms with Crippen molar-refractivity contribution in [3.63, 3.8) is 0 Å². The van der Waals surface area contributed by atoms with Crippen LogP contribution in [0.5, 0.6) is 5.75 Å². The van der Waals surface area contributed by atoms with Gasteiger partial charge in [0.25, 0.3) is 0 Å². The highest BCUT2D eigenvalue weighted by Crippen LogP contribution is 2.28. The van der Waals surface area contributed by atoms with Gasteiger partial charge in [0, 0.05) is 38.7 Å². The number of amides is 1. The van der Waals surface area contributed by atoms with Gasteiger partial charge in [-0.2, -0.15) is 0 Å². The molecule has 0 N–H and O–H groups in total. The van der Waals surface area contributed by atoms with Crippen LogP contribution in [0.2, 0.25) is 0 Å². The Bertz CT molecular complexity index is 711. The van der Waals surface area contributed by atoms with Crippen LogP contribution in [-0.4, -0.2) is 56.2 Å². The van der Waals surface area contributed by atoms with Gasteiger partial charge in [-0.25, -0.2) is 4.98 Å². The average molecular weight is 361 g/mol. The minimum Gasteiger partial charge on any atom is -0.495 e. The number of ether oxygens (including phenoxy) is 2. The second-order valence-electron chi connectivity index (χ2n) is 5.88. The molecule has 0 unspecified atom stereocenters. The molecule has 0 aliphatic carbocycles. The first kappa shape index (κ1) is 17.7. The molecule has 0 saturated carbocycles. The number of aromatic nitrogens is 1. The predicted molar refractivity (Wildman–Crippen MR) is 98.3 cm³/mol. The molecule has 25 heavy (non-hydrogen) atoms. The maximum absolute atomic E-state index is 12.5. The van der Waals surface area contributed by atoms with Crippen LogP contribution >= 0.6 is 11.3 Å². The molecule has 7 heteroatoms. The number of rotatable bonds is 6. The minimum atomic E-state index is 0.133. The van der Waals surface area contributed by atoms with Crippen LogP contribution in [0.15, 0.2) is 29.6 Å². The van der Waals surface area contributed by atoms with E-state index in [0.717, 1.165) is 35.2 Å². The number of piperazine rings is 1. The van der Waals surface area contributed by atoms with Gasteiger partial charge in [-0.1, -0.05) is 12.1 Å².